The van der Waals surface area contributed by atoms with Gasteiger partial charge in [0.2, 0.25) is 5.95 Å². The number of rotatable bonds is 6. The van der Waals surface area contributed by atoms with Crippen molar-refractivity contribution in [2.24, 2.45) is 0 Å². The fraction of sp³-hybridized carbons (Fsp3) is 0.333. The van der Waals surface area contributed by atoms with Gasteiger partial charge < -0.3 is 16.0 Å². The number of hydrogen-bond donors (Lipinski definition) is 3. The predicted octanol–water partition coefficient (Wildman–Crippen LogP) is 2.18. The Bertz CT molecular complexity index is 891. The maximum Gasteiger partial charge on any atom is 0.271 e. The second kappa shape index (κ2) is 7.76. The fourth-order valence-electron chi connectivity index (χ4n) is 3.00. The maximum absolute atomic E-state index is 12.7. The number of thiophene rings is 1. The van der Waals surface area contributed by atoms with Gasteiger partial charge in [-0.1, -0.05) is 6.07 Å². The van der Waals surface area contributed by atoms with Crippen LogP contribution >= 0.6 is 11.3 Å². The molecule has 0 bridgehead atoms. The largest absolute Gasteiger partial charge is 0.349 e. The second-order valence-electron chi connectivity index (χ2n) is 6.21. The van der Waals surface area contributed by atoms with Gasteiger partial charge in [-0.05, 0) is 43.0 Å². The standard InChI is InChI=1S/C18H20N6OS/c25-17(21-10-13-5-3-8-20-13)15-16-14(6-9-26-16)23-18(24-15)22-11-12-4-1-2-7-19-12/h1-2,4,6-7,9,13,20H,3,5,8,10-11H2,(H,21,25)(H,22,23,24). The molecule has 0 saturated carbocycles. The number of nitrogens with one attached hydrogen (secondary N) is 3. The molecule has 1 amide bonds. The molecule has 3 aromatic heterocycles. The number of amides is 1. The van der Waals surface area contributed by atoms with Gasteiger partial charge in [-0.15, -0.1) is 11.3 Å². The SMILES string of the molecule is O=C(NCC1CCCN1)c1nc(NCc2ccccn2)nc2ccsc12. The van der Waals surface area contributed by atoms with Crippen LogP contribution in [0.4, 0.5) is 5.95 Å². The molecule has 1 aliphatic heterocycles. The minimum atomic E-state index is -0.158. The molecule has 26 heavy (non-hydrogen) atoms. The van der Waals surface area contributed by atoms with Crippen LogP contribution in [0.3, 0.4) is 0 Å². The summed E-state index contributed by atoms with van der Waals surface area (Å²) in [6.45, 7) is 2.14. The van der Waals surface area contributed by atoms with Crippen LogP contribution in [-0.2, 0) is 6.54 Å². The van der Waals surface area contributed by atoms with Gasteiger partial charge in [-0.3, -0.25) is 9.78 Å². The Morgan fingerprint density at radius 1 is 1.31 bits per heavy atom. The second-order valence-corrected chi connectivity index (χ2v) is 7.12. The van der Waals surface area contributed by atoms with E-state index in [1.165, 1.54) is 11.3 Å². The number of pyridine rings is 1. The summed E-state index contributed by atoms with van der Waals surface area (Å²) in [4.78, 5) is 25.9. The van der Waals surface area contributed by atoms with E-state index < -0.39 is 0 Å². The van der Waals surface area contributed by atoms with Crippen LogP contribution in [0.25, 0.3) is 10.2 Å². The Morgan fingerprint density at radius 2 is 2.27 bits per heavy atom. The van der Waals surface area contributed by atoms with Gasteiger partial charge in [0.15, 0.2) is 5.69 Å². The van der Waals surface area contributed by atoms with E-state index in [0.717, 1.165) is 35.3 Å². The molecule has 0 radical (unpaired) electrons. The highest BCUT2D eigenvalue weighted by molar-refractivity contribution is 7.17. The van der Waals surface area contributed by atoms with Crippen LogP contribution in [0, 0.1) is 0 Å². The van der Waals surface area contributed by atoms with Crippen molar-refractivity contribution in [3.8, 4) is 0 Å². The van der Waals surface area contributed by atoms with E-state index in [0.29, 0.717) is 30.8 Å². The molecule has 1 unspecified atom stereocenters. The number of anilines is 1. The summed E-state index contributed by atoms with van der Waals surface area (Å²) in [5.41, 5.74) is 2.09. The normalized spacial score (nSPS) is 16.7. The fourth-order valence-corrected chi connectivity index (χ4v) is 3.82. The highest BCUT2D eigenvalue weighted by Crippen LogP contribution is 2.23. The average Bonchev–Trinajstić information content (AvgIpc) is 3.36. The highest BCUT2D eigenvalue weighted by Gasteiger charge is 2.19. The number of fused-ring (bicyclic) bond motifs is 1. The third-order valence-electron chi connectivity index (χ3n) is 4.34. The molecule has 134 valence electrons. The van der Waals surface area contributed by atoms with Crippen LogP contribution < -0.4 is 16.0 Å². The smallest absolute Gasteiger partial charge is 0.271 e. The summed E-state index contributed by atoms with van der Waals surface area (Å²) in [5.74, 6) is 0.278. The Kier molecular flexibility index (Phi) is 5.03. The van der Waals surface area contributed by atoms with Gasteiger partial charge >= 0.3 is 0 Å². The van der Waals surface area contributed by atoms with Crippen molar-refractivity contribution < 1.29 is 4.79 Å². The summed E-state index contributed by atoms with van der Waals surface area (Å²) in [6, 6.07) is 7.99. The van der Waals surface area contributed by atoms with Gasteiger partial charge in [0.25, 0.3) is 5.91 Å². The molecule has 4 heterocycles. The average molecular weight is 368 g/mol. The molecule has 7 nitrogen and oxygen atoms in total. The predicted molar refractivity (Wildman–Crippen MR) is 102 cm³/mol. The van der Waals surface area contributed by atoms with E-state index in [1.54, 1.807) is 6.20 Å². The van der Waals surface area contributed by atoms with Crippen molar-refractivity contribution in [1.29, 1.82) is 0 Å². The molecule has 4 rings (SSSR count). The van der Waals surface area contributed by atoms with Crippen LogP contribution in [0.5, 0.6) is 0 Å². The summed E-state index contributed by atoms with van der Waals surface area (Å²) < 4.78 is 0.810. The Morgan fingerprint density at radius 3 is 3.08 bits per heavy atom. The van der Waals surface area contributed by atoms with Crippen LogP contribution in [-0.4, -0.2) is 40.0 Å². The lowest BCUT2D eigenvalue weighted by Gasteiger charge is -2.12. The number of nitrogens with zero attached hydrogens (tertiary/aromatic N) is 3. The Hall–Kier alpha value is -2.58. The molecule has 0 aromatic carbocycles. The van der Waals surface area contributed by atoms with Crippen molar-refractivity contribution in [1.82, 2.24) is 25.6 Å². The summed E-state index contributed by atoms with van der Waals surface area (Å²) in [6.07, 6.45) is 4.00. The molecule has 1 saturated heterocycles. The lowest BCUT2D eigenvalue weighted by atomic mass is 10.2. The Balaban J connectivity index is 1.51. The summed E-state index contributed by atoms with van der Waals surface area (Å²) in [7, 11) is 0. The number of carbonyl (C=O) groups excluding carboxylic acids is 1. The molecule has 1 fully saturated rings. The molecule has 1 aliphatic rings. The van der Waals surface area contributed by atoms with E-state index in [9.17, 15) is 4.79 Å². The molecule has 0 spiro atoms. The molecular weight excluding hydrogens is 348 g/mol. The van der Waals surface area contributed by atoms with E-state index >= 15 is 0 Å². The molecule has 3 aromatic rings. The minimum absolute atomic E-state index is 0.158. The molecule has 1 atom stereocenters. The van der Waals surface area contributed by atoms with Gasteiger partial charge in [-0.2, -0.15) is 0 Å². The third-order valence-corrected chi connectivity index (χ3v) is 5.25. The van der Waals surface area contributed by atoms with Gasteiger partial charge in [0, 0.05) is 18.8 Å². The third kappa shape index (κ3) is 3.81. The van der Waals surface area contributed by atoms with Crippen molar-refractivity contribution in [2.75, 3.05) is 18.4 Å². The van der Waals surface area contributed by atoms with E-state index in [4.69, 9.17) is 0 Å². The summed E-state index contributed by atoms with van der Waals surface area (Å²) >= 11 is 1.48. The maximum atomic E-state index is 12.7. The first-order valence-corrected chi connectivity index (χ1v) is 9.58. The molecule has 8 heteroatoms. The van der Waals surface area contributed by atoms with Gasteiger partial charge in [0.1, 0.15) is 0 Å². The van der Waals surface area contributed by atoms with E-state index in [-0.39, 0.29) is 5.91 Å². The summed E-state index contributed by atoms with van der Waals surface area (Å²) in [5, 5.41) is 11.5. The lowest BCUT2D eigenvalue weighted by molar-refractivity contribution is 0.0947. The first kappa shape index (κ1) is 16.9. The van der Waals surface area contributed by atoms with E-state index in [2.05, 4.69) is 30.9 Å². The monoisotopic (exact) mass is 368 g/mol. The first-order valence-electron chi connectivity index (χ1n) is 8.70. The van der Waals surface area contributed by atoms with Crippen LogP contribution in [0.2, 0.25) is 0 Å². The van der Waals surface area contributed by atoms with Gasteiger partial charge in [0.05, 0.1) is 22.5 Å². The first-order chi connectivity index (χ1) is 12.8. The van der Waals surface area contributed by atoms with Crippen molar-refractivity contribution in [2.45, 2.75) is 25.4 Å². The highest BCUT2D eigenvalue weighted by atomic mass is 32.1. The van der Waals surface area contributed by atoms with Gasteiger partial charge in [-0.25, -0.2) is 9.97 Å². The number of hydrogen-bond acceptors (Lipinski definition) is 7. The quantitative estimate of drug-likeness (QED) is 0.618. The van der Waals surface area contributed by atoms with E-state index in [1.807, 2.05) is 29.6 Å². The van der Waals surface area contributed by atoms with Crippen molar-refractivity contribution in [3.05, 3.63) is 47.2 Å². The zero-order valence-corrected chi connectivity index (χ0v) is 15.1. The minimum Gasteiger partial charge on any atom is -0.349 e. The van der Waals surface area contributed by atoms with Crippen molar-refractivity contribution in [3.63, 3.8) is 0 Å². The number of carbonyl (C=O) groups is 1. The zero-order valence-electron chi connectivity index (χ0n) is 14.2. The van der Waals surface area contributed by atoms with Crippen LogP contribution in [0.15, 0.2) is 35.8 Å². The molecule has 3 N–H and O–H groups in total. The number of aromatic nitrogens is 3. The topological polar surface area (TPSA) is 91.8 Å². The zero-order chi connectivity index (χ0) is 17.8. The van der Waals surface area contributed by atoms with Crippen LogP contribution in [0.1, 0.15) is 29.0 Å². The van der Waals surface area contributed by atoms with Crippen molar-refractivity contribution >= 4 is 33.4 Å². The lowest BCUT2D eigenvalue weighted by Crippen LogP contribution is -2.37. The Labute approximate surface area is 155 Å². The molecule has 0 aliphatic carbocycles. The molecular formula is C18H20N6OS.